The Labute approximate surface area is 169 Å². The average molecular weight is 386 g/mol. The molecule has 0 bridgehead atoms. The molecule has 1 amide bonds. The van der Waals surface area contributed by atoms with E-state index in [0.717, 1.165) is 34.3 Å². The van der Waals surface area contributed by atoms with Gasteiger partial charge >= 0.3 is 0 Å². The maximum absolute atomic E-state index is 12.8. The van der Waals surface area contributed by atoms with E-state index in [-0.39, 0.29) is 5.91 Å². The second-order valence-corrected chi connectivity index (χ2v) is 6.85. The summed E-state index contributed by atoms with van der Waals surface area (Å²) in [6, 6.07) is 20.6. The molecule has 1 aromatic heterocycles. The van der Waals surface area contributed by atoms with E-state index in [9.17, 15) is 4.79 Å². The van der Waals surface area contributed by atoms with Crippen molar-refractivity contribution in [1.29, 1.82) is 0 Å². The van der Waals surface area contributed by atoms with Crippen molar-refractivity contribution in [1.82, 2.24) is 4.98 Å². The second-order valence-electron chi connectivity index (χ2n) is 6.85. The lowest BCUT2D eigenvalue weighted by molar-refractivity contribution is 0.102. The number of rotatable bonds is 6. The van der Waals surface area contributed by atoms with Crippen molar-refractivity contribution in [3.05, 3.63) is 77.9 Å². The molecule has 4 aromatic rings. The molecule has 0 spiro atoms. The summed E-state index contributed by atoms with van der Waals surface area (Å²) in [5.74, 6) is 1.03. The van der Waals surface area contributed by atoms with Crippen molar-refractivity contribution >= 4 is 22.7 Å². The number of ether oxygens (including phenoxy) is 1. The molecule has 5 nitrogen and oxygen atoms in total. The van der Waals surface area contributed by atoms with E-state index in [2.05, 4.69) is 10.3 Å². The molecule has 29 heavy (non-hydrogen) atoms. The number of carbonyl (C=O) groups excluding carboxylic acids is 1. The Balaban J connectivity index is 1.59. The summed E-state index contributed by atoms with van der Waals surface area (Å²) in [5, 5.41) is 2.99. The summed E-state index contributed by atoms with van der Waals surface area (Å²) < 4.78 is 11.5. The van der Waals surface area contributed by atoms with Gasteiger partial charge in [-0.25, -0.2) is 4.98 Å². The predicted molar refractivity (Wildman–Crippen MR) is 114 cm³/mol. The lowest BCUT2D eigenvalue weighted by Gasteiger charge is -2.11. The number of oxazole rings is 1. The minimum atomic E-state index is -0.190. The summed E-state index contributed by atoms with van der Waals surface area (Å²) in [6.45, 7) is 4.62. The number of para-hydroxylation sites is 2. The van der Waals surface area contributed by atoms with E-state index >= 15 is 0 Å². The van der Waals surface area contributed by atoms with Crippen molar-refractivity contribution in [3.63, 3.8) is 0 Å². The first-order valence-electron chi connectivity index (χ1n) is 9.65. The Kier molecular flexibility index (Phi) is 5.29. The number of fused-ring (bicyclic) bond motifs is 1. The number of aromatic nitrogens is 1. The van der Waals surface area contributed by atoms with Crippen LogP contribution in [0.4, 0.5) is 5.69 Å². The van der Waals surface area contributed by atoms with Gasteiger partial charge in [-0.1, -0.05) is 31.2 Å². The lowest BCUT2D eigenvalue weighted by Crippen LogP contribution is -2.13. The summed E-state index contributed by atoms with van der Waals surface area (Å²) in [7, 11) is 0. The number of benzene rings is 3. The van der Waals surface area contributed by atoms with E-state index in [1.807, 2.05) is 68.4 Å². The largest absolute Gasteiger partial charge is 0.494 e. The van der Waals surface area contributed by atoms with Crippen LogP contribution in [0, 0.1) is 6.92 Å². The summed E-state index contributed by atoms with van der Waals surface area (Å²) in [5.41, 5.74) is 4.56. The summed E-state index contributed by atoms with van der Waals surface area (Å²) in [6.07, 6.45) is 0.915. The molecule has 0 fully saturated rings. The van der Waals surface area contributed by atoms with Crippen LogP contribution in [0.1, 0.15) is 29.3 Å². The van der Waals surface area contributed by atoms with E-state index < -0.39 is 0 Å². The van der Waals surface area contributed by atoms with Gasteiger partial charge in [0.1, 0.15) is 11.3 Å². The molecule has 0 radical (unpaired) electrons. The number of amides is 1. The van der Waals surface area contributed by atoms with Gasteiger partial charge in [0.05, 0.1) is 6.61 Å². The van der Waals surface area contributed by atoms with Gasteiger partial charge in [0.25, 0.3) is 5.91 Å². The van der Waals surface area contributed by atoms with Gasteiger partial charge in [0, 0.05) is 16.8 Å². The third-order valence-corrected chi connectivity index (χ3v) is 4.60. The van der Waals surface area contributed by atoms with Gasteiger partial charge < -0.3 is 14.5 Å². The fraction of sp³-hybridized carbons (Fsp3) is 0.167. The number of carbonyl (C=O) groups is 1. The first kappa shape index (κ1) is 18.7. The number of hydrogen-bond acceptors (Lipinski definition) is 4. The second kappa shape index (κ2) is 8.19. The van der Waals surface area contributed by atoms with Gasteiger partial charge in [-0.05, 0) is 61.4 Å². The molecule has 0 saturated heterocycles. The highest BCUT2D eigenvalue weighted by atomic mass is 16.5. The van der Waals surface area contributed by atoms with Gasteiger partial charge in [0.15, 0.2) is 5.58 Å². The first-order chi connectivity index (χ1) is 14.1. The number of anilines is 1. The fourth-order valence-corrected chi connectivity index (χ4v) is 3.03. The maximum Gasteiger partial charge on any atom is 0.255 e. The maximum atomic E-state index is 12.8. The zero-order chi connectivity index (χ0) is 20.2. The molecule has 1 heterocycles. The van der Waals surface area contributed by atoms with E-state index in [1.165, 1.54) is 0 Å². The molecule has 4 rings (SSSR count). The van der Waals surface area contributed by atoms with Gasteiger partial charge in [-0.2, -0.15) is 0 Å². The normalized spacial score (nSPS) is 10.8. The molecule has 0 saturated carbocycles. The first-order valence-corrected chi connectivity index (χ1v) is 9.65. The van der Waals surface area contributed by atoms with Crippen molar-refractivity contribution in [2.45, 2.75) is 20.3 Å². The van der Waals surface area contributed by atoms with Crippen LogP contribution in [0.15, 0.2) is 71.1 Å². The molecule has 0 unspecified atom stereocenters. The van der Waals surface area contributed by atoms with E-state index in [4.69, 9.17) is 9.15 Å². The molecule has 0 aliphatic heterocycles. The predicted octanol–water partition coefficient (Wildman–Crippen LogP) is 5.84. The Morgan fingerprint density at radius 1 is 1.07 bits per heavy atom. The van der Waals surface area contributed by atoms with Crippen LogP contribution < -0.4 is 10.1 Å². The Morgan fingerprint density at radius 2 is 1.93 bits per heavy atom. The van der Waals surface area contributed by atoms with Gasteiger partial charge in [0.2, 0.25) is 5.89 Å². The fourth-order valence-electron chi connectivity index (χ4n) is 3.03. The van der Waals surface area contributed by atoms with Gasteiger partial charge in [-0.3, -0.25) is 4.79 Å². The molecule has 0 aliphatic carbocycles. The molecular formula is C24H22N2O3. The van der Waals surface area contributed by atoms with Gasteiger partial charge in [-0.15, -0.1) is 0 Å². The monoisotopic (exact) mass is 386 g/mol. The number of aryl methyl sites for hydroxylation is 1. The van der Waals surface area contributed by atoms with Crippen LogP contribution in [0.5, 0.6) is 5.75 Å². The zero-order valence-electron chi connectivity index (χ0n) is 16.4. The molecule has 3 aromatic carbocycles. The Bertz CT molecular complexity index is 1130. The molecule has 0 atom stereocenters. The number of hydrogen-bond donors (Lipinski definition) is 1. The molecule has 0 aliphatic rings. The third-order valence-electron chi connectivity index (χ3n) is 4.60. The van der Waals surface area contributed by atoms with Crippen LogP contribution in [-0.4, -0.2) is 17.5 Å². The Hall–Kier alpha value is -3.60. The van der Waals surface area contributed by atoms with E-state index in [0.29, 0.717) is 23.8 Å². The smallest absolute Gasteiger partial charge is 0.255 e. The van der Waals surface area contributed by atoms with Crippen LogP contribution in [0.25, 0.3) is 22.6 Å². The highest BCUT2D eigenvalue weighted by Gasteiger charge is 2.13. The minimum Gasteiger partial charge on any atom is -0.494 e. The topological polar surface area (TPSA) is 64.4 Å². The highest BCUT2D eigenvalue weighted by molar-refractivity contribution is 6.05. The quantitative estimate of drug-likeness (QED) is 0.452. The van der Waals surface area contributed by atoms with Crippen LogP contribution in [-0.2, 0) is 0 Å². The van der Waals surface area contributed by atoms with Crippen LogP contribution in [0.2, 0.25) is 0 Å². The lowest BCUT2D eigenvalue weighted by atomic mass is 10.1. The average Bonchev–Trinajstić information content (AvgIpc) is 3.18. The third kappa shape index (κ3) is 4.14. The van der Waals surface area contributed by atoms with E-state index in [1.54, 1.807) is 12.1 Å². The minimum absolute atomic E-state index is 0.190. The SMILES string of the molecule is CCCOc1cccc(C(=O)Nc2cc(-c3nc4ccccc4o3)ccc2C)c1. The molecular weight excluding hydrogens is 364 g/mol. The Morgan fingerprint density at radius 3 is 2.76 bits per heavy atom. The van der Waals surface area contributed by atoms with Crippen molar-refractivity contribution in [2.24, 2.45) is 0 Å². The molecule has 1 N–H and O–H groups in total. The molecule has 5 heteroatoms. The molecule has 146 valence electrons. The standard InChI is InChI=1S/C24H22N2O3/c1-3-13-28-19-8-6-7-17(14-19)23(27)25-21-15-18(12-11-16(21)2)24-26-20-9-4-5-10-22(20)29-24/h4-12,14-15H,3,13H2,1-2H3,(H,25,27). The summed E-state index contributed by atoms with van der Waals surface area (Å²) in [4.78, 5) is 17.3. The highest BCUT2D eigenvalue weighted by Crippen LogP contribution is 2.28. The van der Waals surface area contributed by atoms with Crippen LogP contribution >= 0.6 is 0 Å². The number of nitrogens with one attached hydrogen (secondary N) is 1. The number of nitrogens with zero attached hydrogens (tertiary/aromatic N) is 1. The van der Waals surface area contributed by atoms with Crippen LogP contribution in [0.3, 0.4) is 0 Å². The van der Waals surface area contributed by atoms with Crippen molar-refractivity contribution in [2.75, 3.05) is 11.9 Å². The van der Waals surface area contributed by atoms with Crippen molar-refractivity contribution < 1.29 is 13.9 Å². The van der Waals surface area contributed by atoms with Crippen molar-refractivity contribution in [3.8, 4) is 17.2 Å². The summed E-state index contributed by atoms with van der Waals surface area (Å²) >= 11 is 0. The zero-order valence-corrected chi connectivity index (χ0v) is 16.4.